The predicted molar refractivity (Wildman–Crippen MR) is 72.7 cm³/mol. The number of likely N-dealkylation sites (N-methyl/N-ethyl adjacent to an activating group) is 1. The standard InChI is InChI=1S/C13H24N4O2/c1-10(2)6-7-17-8-11(14-15-17)12(18)16(5)9-13(3,4)19/h8,10,19H,6-7,9H2,1-5H3. The lowest BCUT2D eigenvalue weighted by molar-refractivity contribution is 0.0365. The molecule has 0 aromatic carbocycles. The first kappa shape index (κ1) is 15.6. The Hall–Kier alpha value is -1.43. The Morgan fingerprint density at radius 3 is 2.68 bits per heavy atom. The van der Waals surface area contributed by atoms with Crippen LogP contribution in [-0.4, -0.2) is 50.1 Å². The number of aryl methyl sites for hydroxylation is 1. The maximum atomic E-state index is 12.1. The summed E-state index contributed by atoms with van der Waals surface area (Å²) in [5.74, 6) is 0.360. The Labute approximate surface area is 114 Å². The van der Waals surface area contributed by atoms with E-state index in [2.05, 4.69) is 24.2 Å². The summed E-state index contributed by atoms with van der Waals surface area (Å²) < 4.78 is 1.69. The van der Waals surface area contributed by atoms with Crippen molar-refractivity contribution in [3.05, 3.63) is 11.9 Å². The van der Waals surface area contributed by atoms with Crippen LogP contribution in [0.4, 0.5) is 0 Å². The SMILES string of the molecule is CC(C)CCn1cc(C(=O)N(C)CC(C)(C)O)nn1. The van der Waals surface area contributed by atoms with Gasteiger partial charge in [0.15, 0.2) is 5.69 Å². The zero-order chi connectivity index (χ0) is 14.6. The van der Waals surface area contributed by atoms with E-state index in [9.17, 15) is 9.90 Å². The van der Waals surface area contributed by atoms with Gasteiger partial charge in [0.25, 0.3) is 5.91 Å². The first-order valence-corrected chi connectivity index (χ1v) is 6.57. The molecule has 0 radical (unpaired) electrons. The summed E-state index contributed by atoms with van der Waals surface area (Å²) in [6.45, 7) is 8.62. The molecule has 1 aromatic rings. The highest BCUT2D eigenvalue weighted by Gasteiger charge is 2.22. The van der Waals surface area contributed by atoms with Crippen molar-refractivity contribution in [1.82, 2.24) is 19.9 Å². The van der Waals surface area contributed by atoms with E-state index in [-0.39, 0.29) is 12.5 Å². The highest BCUT2D eigenvalue weighted by atomic mass is 16.3. The Kier molecular flexibility index (Phi) is 5.05. The molecule has 1 amide bonds. The number of amides is 1. The van der Waals surface area contributed by atoms with E-state index in [1.165, 1.54) is 4.90 Å². The number of carbonyl (C=O) groups excluding carboxylic acids is 1. The molecule has 19 heavy (non-hydrogen) atoms. The van der Waals surface area contributed by atoms with E-state index in [0.717, 1.165) is 13.0 Å². The summed E-state index contributed by atoms with van der Waals surface area (Å²) in [7, 11) is 1.65. The Morgan fingerprint density at radius 2 is 2.16 bits per heavy atom. The predicted octanol–water partition coefficient (Wildman–Crippen LogP) is 1.17. The van der Waals surface area contributed by atoms with Gasteiger partial charge in [0, 0.05) is 20.1 Å². The van der Waals surface area contributed by atoms with Crippen LogP contribution in [0.5, 0.6) is 0 Å². The zero-order valence-corrected chi connectivity index (χ0v) is 12.4. The molecular weight excluding hydrogens is 244 g/mol. The molecule has 0 spiro atoms. The first-order chi connectivity index (χ1) is 8.69. The fraction of sp³-hybridized carbons (Fsp3) is 0.769. The molecule has 1 heterocycles. The van der Waals surface area contributed by atoms with Gasteiger partial charge >= 0.3 is 0 Å². The topological polar surface area (TPSA) is 71.2 Å². The molecule has 0 atom stereocenters. The number of carbonyl (C=O) groups is 1. The number of nitrogens with zero attached hydrogens (tertiary/aromatic N) is 4. The number of aliphatic hydroxyl groups is 1. The second-order valence-electron chi connectivity index (χ2n) is 6.02. The van der Waals surface area contributed by atoms with Gasteiger partial charge in [0.1, 0.15) is 0 Å². The van der Waals surface area contributed by atoms with Crippen LogP contribution in [0.1, 0.15) is 44.6 Å². The van der Waals surface area contributed by atoms with E-state index >= 15 is 0 Å². The molecule has 0 bridgehead atoms. The summed E-state index contributed by atoms with van der Waals surface area (Å²) in [6.07, 6.45) is 2.65. The van der Waals surface area contributed by atoms with Crippen molar-refractivity contribution in [2.75, 3.05) is 13.6 Å². The minimum atomic E-state index is -0.919. The molecule has 0 fully saturated rings. The Balaban J connectivity index is 2.62. The molecule has 0 aliphatic heterocycles. The molecule has 0 aliphatic rings. The van der Waals surface area contributed by atoms with E-state index in [1.54, 1.807) is 31.8 Å². The van der Waals surface area contributed by atoms with Gasteiger partial charge < -0.3 is 10.0 Å². The molecular formula is C13H24N4O2. The minimum Gasteiger partial charge on any atom is -0.389 e. The molecule has 1 N–H and O–H groups in total. The largest absolute Gasteiger partial charge is 0.389 e. The van der Waals surface area contributed by atoms with Crippen molar-refractivity contribution in [3.63, 3.8) is 0 Å². The molecule has 0 saturated heterocycles. The average molecular weight is 268 g/mol. The van der Waals surface area contributed by atoms with Gasteiger partial charge in [-0.25, -0.2) is 0 Å². The fourth-order valence-electron chi connectivity index (χ4n) is 1.74. The third-order valence-electron chi connectivity index (χ3n) is 2.66. The monoisotopic (exact) mass is 268 g/mol. The zero-order valence-electron chi connectivity index (χ0n) is 12.4. The van der Waals surface area contributed by atoms with E-state index in [4.69, 9.17) is 0 Å². The second-order valence-corrected chi connectivity index (χ2v) is 6.02. The summed E-state index contributed by atoms with van der Waals surface area (Å²) in [6, 6.07) is 0. The maximum absolute atomic E-state index is 12.1. The van der Waals surface area contributed by atoms with Gasteiger partial charge in [-0.15, -0.1) is 5.10 Å². The van der Waals surface area contributed by atoms with Crippen LogP contribution in [-0.2, 0) is 6.54 Å². The van der Waals surface area contributed by atoms with E-state index < -0.39 is 5.60 Å². The van der Waals surface area contributed by atoms with E-state index in [1.807, 2.05) is 0 Å². The van der Waals surface area contributed by atoms with Crippen LogP contribution >= 0.6 is 0 Å². The van der Waals surface area contributed by atoms with Gasteiger partial charge in [0.05, 0.1) is 11.8 Å². The van der Waals surface area contributed by atoms with Gasteiger partial charge in [-0.2, -0.15) is 0 Å². The fourth-order valence-corrected chi connectivity index (χ4v) is 1.74. The number of aromatic nitrogens is 3. The molecule has 6 nitrogen and oxygen atoms in total. The molecule has 108 valence electrons. The average Bonchev–Trinajstić information content (AvgIpc) is 2.71. The van der Waals surface area contributed by atoms with Gasteiger partial charge in [-0.3, -0.25) is 9.48 Å². The van der Waals surface area contributed by atoms with Crippen molar-refractivity contribution in [2.24, 2.45) is 5.92 Å². The maximum Gasteiger partial charge on any atom is 0.275 e. The number of hydrogen-bond donors (Lipinski definition) is 1. The smallest absolute Gasteiger partial charge is 0.275 e. The molecule has 0 unspecified atom stereocenters. The van der Waals surface area contributed by atoms with Crippen molar-refractivity contribution in [2.45, 2.75) is 46.3 Å². The number of hydrogen-bond acceptors (Lipinski definition) is 4. The van der Waals surface area contributed by atoms with Crippen molar-refractivity contribution in [1.29, 1.82) is 0 Å². The molecule has 0 aliphatic carbocycles. The van der Waals surface area contributed by atoms with Crippen LogP contribution < -0.4 is 0 Å². The summed E-state index contributed by atoms with van der Waals surface area (Å²) >= 11 is 0. The van der Waals surface area contributed by atoms with Crippen LogP contribution in [0, 0.1) is 5.92 Å². The van der Waals surface area contributed by atoms with Crippen molar-refractivity contribution in [3.8, 4) is 0 Å². The van der Waals surface area contributed by atoms with Gasteiger partial charge in [0.2, 0.25) is 0 Å². The Bertz CT molecular complexity index is 421. The summed E-state index contributed by atoms with van der Waals surface area (Å²) in [5.41, 5.74) is -0.603. The van der Waals surface area contributed by atoms with Crippen LogP contribution in [0.25, 0.3) is 0 Å². The van der Waals surface area contributed by atoms with E-state index in [0.29, 0.717) is 11.6 Å². The lowest BCUT2D eigenvalue weighted by Crippen LogP contribution is -2.39. The van der Waals surface area contributed by atoms with Crippen LogP contribution in [0.15, 0.2) is 6.20 Å². The quantitative estimate of drug-likeness (QED) is 0.840. The molecule has 1 aromatic heterocycles. The third-order valence-corrected chi connectivity index (χ3v) is 2.66. The highest BCUT2D eigenvalue weighted by Crippen LogP contribution is 2.07. The normalized spacial score (nSPS) is 11.9. The lowest BCUT2D eigenvalue weighted by atomic mass is 10.1. The Morgan fingerprint density at radius 1 is 1.53 bits per heavy atom. The molecule has 6 heteroatoms. The van der Waals surface area contributed by atoms with Gasteiger partial charge in [-0.1, -0.05) is 19.1 Å². The third kappa shape index (κ3) is 5.38. The summed E-state index contributed by atoms with van der Waals surface area (Å²) in [4.78, 5) is 13.5. The summed E-state index contributed by atoms with van der Waals surface area (Å²) in [5, 5.41) is 17.5. The van der Waals surface area contributed by atoms with Crippen LogP contribution in [0.3, 0.4) is 0 Å². The molecule has 0 saturated carbocycles. The second kappa shape index (κ2) is 6.14. The van der Waals surface area contributed by atoms with Crippen molar-refractivity contribution < 1.29 is 9.90 Å². The first-order valence-electron chi connectivity index (χ1n) is 6.57. The van der Waals surface area contributed by atoms with Gasteiger partial charge in [-0.05, 0) is 26.2 Å². The number of rotatable bonds is 6. The van der Waals surface area contributed by atoms with Crippen molar-refractivity contribution >= 4 is 5.91 Å². The minimum absolute atomic E-state index is 0.224. The van der Waals surface area contributed by atoms with Crippen LogP contribution in [0.2, 0.25) is 0 Å². The molecule has 1 rings (SSSR count). The highest BCUT2D eigenvalue weighted by molar-refractivity contribution is 5.91. The lowest BCUT2D eigenvalue weighted by Gasteiger charge is -2.24.